The number of carboxylic acid groups (broad SMARTS) is 1. The van der Waals surface area contributed by atoms with E-state index >= 15 is 0 Å². The first-order valence-electron chi connectivity index (χ1n) is 7.72. The van der Waals surface area contributed by atoms with Crippen LogP contribution < -0.4 is 4.90 Å². The van der Waals surface area contributed by atoms with Crippen molar-refractivity contribution in [1.82, 2.24) is 4.31 Å². The molecule has 8 heteroatoms. The number of piperazine rings is 1. The van der Waals surface area contributed by atoms with Gasteiger partial charge in [-0.3, -0.25) is 0 Å². The molecule has 2 aromatic rings. The summed E-state index contributed by atoms with van der Waals surface area (Å²) in [5.74, 6) is -1.25. The summed E-state index contributed by atoms with van der Waals surface area (Å²) in [5, 5.41) is 9.89. The summed E-state index contributed by atoms with van der Waals surface area (Å²) >= 11 is 5.89. The highest BCUT2D eigenvalue weighted by Crippen LogP contribution is 2.24. The van der Waals surface area contributed by atoms with Gasteiger partial charge in [-0.25, -0.2) is 13.2 Å². The van der Waals surface area contributed by atoms with Gasteiger partial charge in [-0.15, -0.1) is 0 Å². The van der Waals surface area contributed by atoms with Gasteiger partial charge in [0.25, 0.3) is 0 Å². The van der Waals surface area contributed by atoms with Crippen molar-refractivity contribution in [3.63, 3.8) is 0 Å². The number of anilines is 1. The molecule has 6 nitrogen and oxygen atoms in total. The molecule has 1 heterocycles. The van der Waals surface area contributed by atoms with E-state index in [0.29, 0.717) is 31.2 Å². The van der Waals surface area contributed by atoms with Crippen LogP contribution in [0.15, 0.2) is 53.4 Å². The standard InChI is InChI=1S/C17H17ClN2O4S/c18-13-5-7-14(8-6-13)19-9-11-20(12-10-19)25(23,24)16-4-2-1-3-15(16)17(21)22/h1-8H,9-12H2,(H,21,22). The number of nitrogens with zero attached hydrogens (tertiary/aromatic N) is 2. The first kappa shape index (κ1) is 17.7. The van der Waals surface area contributed by atoms with E-state index < -0.39 is 16.0 Å². The van der Waals surface area contributed by atoms with E-state index in [2.05, 4.69) is 4.90 Å². The van der Waals surface area contributed by atoms with Crippen LogP contribution in [-0.2, 0) is 10.0 Å². The van der Waals surface area contributed by atoms with E-state index in [-0.39, 0.29) is 10.5 Å². The number of halogens is 1. The minimum Gasteiger partial charge on any atom is -0.478 e. The van der Waals surface area contributed by atoms with Crippen LogP contribution in [0.5, 0.6) is 0 Å². The van der Waals surface area contributed by atoms with Crippen molar-refractivity contribution in [2.75, 3.05) is 31.1 Å². The van der Waals surface area contributed by atoms with Gasteiger partial charge in [-0.2, -0.15) is 4.31 Å². The molecular weight excluding hydrogens is 364 g/mol. The fourth-order valence-corrected chi connectivity index (χ4v) is 4.58. The number of carboxylic acids is 1. The maximum atomic E-state index is 12.8. The molecule has 2 aromatic carbocycles. The third-order valence-electron chi connectivity index (χ3n) is 4.17. The Balaban J connectivity index is 1.78. The van der Waals surface area contributed by atoms with Gasteiger partial charge >= 0.3 is 5.97 Å². The molecule has 0 unspecified atom stereocenters. The number of carbonyl (C=O) groups is 1. The van der Waals surface area contributed by atoms with Crippen LogP contribution in [0.4, 0.5) is 5.69 Å². The van der Waals surface area contributed by atoms with Gasteiger partial charge in [0.05, 0.1) is 10.5 Å². The van der Waals surface area contributed by atoms with E-state index in [9.17, 15) is 18.3 Å². The van der Waals surface area contributed by atoms with Gasteiger partial charge in [0.2, 0.25) is 10.0 Å². The molecule has 3 rings (SSSR count). The van der Waals surface area contributed by atoms with Crippen LogP contribution in [0, 0.1) is 0 Å². The second-order valence-electron chi connectivity index (χ2n) is 5.67. The molecule has 0 spiro atoms. The molecule has 1 aliphatic rings. The zero-order chi connectivity index (χ0) is 18.0. The van der Waals surface area contributed by atoms with Crippen molar-refractivity contribution in [2.45, 2.75) is 4.90 Å². The lowest BCUT2D eigenvalue weighted by atomic mass is 10.2. The van der Waals surface area contributed by atoms with Gasteiger partial charge in [-0.1, -0.05) is 23.7 Å². The second kappa shape index (κ2) is 7.03. The van der Waals surface area contributed by atoms with E-state index in [4.69, 9.17) is 11.6 Å². The van der Waals surface area contributed by atoms with E-state index in [1.165, 1.54) is 28.6 Å². The number of hydrogen-bond donors (Lipinski definition) is 1. The lowest BCUT2D eigenvalue weighted by Crippen LogP contribution is -2.48. The third-order valence-corrected chi connectivity index (χ3v) is 6.37. The topological polar surface area (TPSA) is 77.9 Å². The molecule has 0 bridgehead atoms. The molecule has 0 amide bonds. The van der Waals surface area contributed by atoms with Gasteiger partial charge in [0.15, 0.2) is 0 Å². The second-order valence-corrected chi connectivity index (χ2v) is 8.01. The number of hydrogen-bond acceptors (Lipinski definition) is 4. The zero-order valence-electron chi connectivity index (χ0n) is 13.3. The van der Waals surface area contributed by atoms with Crippen molar-refractivity contribution in [1.29, 1.82) is 0 Å². The number of rotatable bonds is 4. The summed E-state index contributed by atoms with van der Waals surface area (Å²) in [4.78, 5) is 13.2. The van der Waals surface area contributed by atoms with Crippen LogP contribution in [0.3, 0.4) is 0 Å². The van der Waals surface area contributed by atoms with Crippen molar-refractivity contribution >= 4 is 33.3 Å². The summed E-state index contributed by atoms with van der Waals surface area (Å²) < 4.78 is 27.0. The molecule has 1 N–H and O–H groups in total. The van der Waals surface area contributed by atoms with Crippen LogP contribution in [-0.4, -0.2) is 50.0 Å². The highest BCUT2D eigenvalue weighted by molar-refractivity contribution is 7.89. The van der Waals surface area contributed by atoms with Gasteiger partial charge in [0, 0.05) is 36.9 Å². The number of sulfonamides is 1. The van der Waals surface area contributed by atoms with Crippen LogP contribution in [0.25, 0.3) is 0 Å². The predicted octanol–water partition coefficient (Wildman–Crippen LogP) is 2.55. The molecule has 0 aliphatic carbocycles. The fourth-order valence-electron chi connectivity index (χ4n) is 2.85. The SMILES string of the molecule is O=C(O)c1ccccc1S(=O)(=O)N1CCN(c2ccc(Cl)cc2)CC1. The molecule has 1 aliphatic heterocycles. The largest absolute Gasteiger partial charge is 0.478 e. The van der Waals surface area contributed by atoms with Gasteiger partial charge in [-0.05, 0) is 36.4 Å². The molecule has 25 heavy (non-hydrogen) atoms. The van der Waals surface area contributed by atoms with E-state index in [1.807, 2.05) is 12.1 Å². The Kier molecular flexibility index (Phi) is 4.99. The average Bonchev–Trinajstić information content (AvgIpc) is 2.62. The maximum absolute atomic E-state index is 12.8. The first-order chi connectivity index (χ1) is 11.9. The Bertz CT molecular complexity index is 876. The Morgan fingerprint density at radius 1 is 0.960 bits per heavy atom. The molecule has 0 saturated carbocycles. The minimum atomic E-state index is -3.85. The van der Waals surface area contributed by atoms with Gasteiger partial charge < -0.3 is 10.0 Å². The molecule has 0 aromatic heterocycles. The lowest BCUT2D eigenvalue weighted by molar-refractivity contribution is 0.0692. The Hall–Kier alpha value is -2.09. The predicted molar refractivity (Wildman–Crippen MR) is 95.8 cm³/mol. The first-order valence-corrected chi connectivity index (χ1v) is 9.54. The fraction of sp³-hybridized carbons (Fsp3) is 0.235. The highest BCUT2D eigenvalue weighted by atomic mass is 35.5. The van der Waals surface area contributed by atoms with Crippen LogP contribution >= 0.6 is 11.6 Å². The quantitative estimate of drug-likeness (QED) is 0.881. The van der Waals surface area contributed by atoms with Crippen molar-refractivity contribution in [3.8, 4) is 0 Å². The molecular formula is C17H17ClN2O4S. The smallest absolute Gasteiger partial charge is 0.337 e. The Labute approximate surface area is 151 Å². The summed E-state index contributed by atoms with van der Waals surface area (Å²) in [6.07, 6.45) is 0. The van der Waals surface area contributed by atoms with E-state index in [1.54, 1.807) is 12.1 Å². The summed E-state index contributed by atoms with van der Waals surface area (Å²) in [7, 11) is -3.85. The summed E-state index contributed by atoms with van der Waals surface area (Å²) in [5.41, 5.74) is 0.773. The normalized spacial score (nSPS) is 16.0. The molecule has 132 valence electrons. The third kappa shape index (κ3) is 3.63. The van der Waals surface area contributed by atoms with Crippen LogP contribution in [0.1, 0.15) is 10.4 Å². The minimum absolute atomic E-state index is 0.164. The monoisotopic (exact) mass is 380 g/mol. The summed E-state index contributed by atoms with van der Waals surface area (Å²) in [6.45, 7) is 1.63. The molecule has 1 fully saturated rings. The summed E-state index contributed by atoms with van der Waals surface area (Å²) in [6, 6.07) is 13.1. The maximum Gasteiger partial charge on any atom is 0.337 e. The van der Waals surface area contributed by atoms with E-state index in [0.717, 1.165) is 5.69 Å². The van der Waals surface area contributed by atoms with Crippen molar-refractivity contribution in [3.05, 3.63) is 59.1 Å². The zero-order valence-corrected chi connectivity index (χ0v) is 14.9. The molecule has 1 saturated heterocycles. The van der Waals surface area contributed by atoms with Gasteiger partial charge in [0.1, 0.15) is 0 Å². The number of benzene rings is 2. The average molecular weight is 381 g/mol. The van der Waals surface area contributed by atoms with Crippen LogP contribution in [0.2, 0.25) is 5.02 Å². The Morgan fingerprint density at radius 2 is 1.56 bits per heavy atom. The lowest BCUT2D eigenvalue weighted by Gasteiger charge is -2.35. The molecule has 0 atom stereocenters. The number of aromatic carboxylic acids is 1. The van der Waals surface area contributed by atoms with Crippen molar-refractivity contribution < 1.29 is 18.3 Å². The molecule has 0 radical (unpaired) electrons. The highest BCUT2D eigenvalue weighted by Gasteiger charge is 2.31. The Morgan fingerprint density at radius 3 is 2.16 bits per heavy atom. The van der Waals surface area contributed by atoms with Crippen molar-refractivity contribution in [2.24, 2.45) is 0 Å².